The van der Waals surface area contributed by atoms with E-state index in [2.05, 4.69) is 4.90 Å². The van der Waals surface area contributed by atoms with E-state index >= 15 is 0 Å². The summed E-state index contributed by atoms with van der Waals surface area (Å²) in [5.41, 5.74) is -0.495. The lowest BCUT2D eigenvalue weighted by Gasteiger charge is -2.28. The summed E-state index contributed by atoms with van der Waals surface area (Å²) in [6.45, 7) is 8.11. The molecular formula is C15H27NO4. The topological polar surface area (TPSA) is 59.0 Å². The van der Waals surface area contributed by atoms with Crippen LogP contribution in [0.5, 0.6) is 0 Å². The van der Waals surface area contributed by atoms with Crippen molar-refractivity contribution >= 4 is 5.97 Å². The molecule has 2 fully saturated rings. The van der Waals surface area contributed by atoms with Crippen molar-refractivity contribution in [1.29, 1.82) is 0 Å². The van der Waals surface area contributed by atoms with Gasteiger partial charge in [0.2, 0.25) is 0 Å². The predicted octanol–water partition coefficient (Wildman–Crippen LogP) is 1.33. The molecule has 0 amide bonds. The monoisotopic (exact) mass is 285 g/mol. The number of carbonyl (C=O) groups is 1. The zero-order valence-corrected chi connectivity index (χ0v) is 12.9. The standard InChI is InChI=1S/C15H27NO4/c1-14(2,3)20-13(18)5-8-19-12-9-15(11-17)6-4-7-16(15)10-12/h12,17H,4-11H2,1-3H3. The number of esters is 1. The molecule has 2 atom stereocenters. The molecule has 0 radical (unpaired) electrons. The van der Waals surface area contributed by atoms with Gasteiger partial charge in [-0.3, -0.25) is 9.69 Å². The maximum atomic E-state index is 11.6. The minimum atomic E-state index is -0.436. The van der Waals surface area contributed by atoms with Gasteiger partial charge in [-0.25, -0.2) is 0 Å². The van der Waals surface area contributed by atoms with Gasteiger partial charge in [0.15, 0.2) is 0 Å². The van der Waals surface area contributed by atoms with Crippen LogP contribution in [-0.2, 0) is 14.3 Å². The summed E-state index contributed by atoms with van der Waals surface area (Å²) in [4.78, 5) is 13.9. The molecule has 0 saturated carbocycles. The Morgan fingerprint density at radius 3 is 2.80 bits per heavy atom. The number of nitrogens with zero attached hydrogens (tertiary/aromatic N) is 1. The highest BCUT2D eigenvalue weighted by atomic mass is 16.6. The highest BCUT2D eigenvalue weighted by molar-refractivity contribution is 5.69. The summed E-state index contributed by atoms with van der Waals surface area (Å²) in [5, 5.41) is 9.61. The van der Waals surface area contributed by atoms with Gasteiger partial charge in [0, 0.05) is 12.1 Å². The normalized spacial score (nSPS) is 30.5. The Morgan fingerprint density at radius 2 is 2.20 bits per heavy atom. The highest BCUT2D eigenvalue weighted by Crippen LogP contribution is 2.39. The largest absolute Gasteiger partial charge is 0.460 e. The second-order valence-electron chi connectivity index (χ2n) is 6.97. The Bertz CT molecular complexity index is 352. The molecule has 1 N–H and O–H groups in total. The van der Waals surface area contributed by atoms with E-state index in [1.54, 1.807) is 0 Å². The average Bonchev–Trinajstić information content (AvgIpc) is 2.83. The van der Waals surface area contributed by atoms with E-state index < -0.39 is 5.60 Å². The van der Waals surface area contributed by atoms with Crippen molar-refractivity contribution in [2.24, 2.45) is 0 Å². The van der Waals surface area contributed by atoms with Crippen LogP contribution in [0.15, 0.2) is 0 Å². The second-order valence-corrected chi connectivity index (χ2v) is 6.97. The first kappa shape index (κ1) is 15.7. The molecule has 2 heterocycles. The lowest BCUT2D eigenvalue weighted by atomic mass is 9.94. The first-order valence-corrected chi connectivity index (χ1v) is 7.54. The molecule has 0 bridgehead atoms. The zero-order chi connectivity index (χ0) is 14.8. The van der Waals surface area contributed by atoms with Gasteiger partial charge in [0.05, 0.1) is 25.7 Å². The van der Waals surface area contributed by atoms with Gasteiger partial charge in [-0.2, -0.15) is 0 Å². The van der Waals surface area contributed by atoms with E-state index in [0.29, 0.717) is 13.0 Å². The van der Waals surface area contributed by atoms with Crippen LogP contribution in [-0.4, -0.2) is 59.5 Å². The Morgan fingerprint density at radius 1 is 1.45 bits per heavy atom. The van der Waals surface area contributed by atoms with E-state index in [1.807, 2.05) is 20.8 Å². The first-order chi connectivity index (χ1) is 9.35. The molecule has 2 aliphatic heterocycles. The van der Waals surface area contributed by atoms with E-state index in [0.717, 1.165) is 32.4 Å². The van der Waals surface area contributed by atoms with Crippen LogP contribution in [0, 0.1) is 0 Å². The maximum Gasteiger partial charge on any atom is 0.308 e. The number of fused-ring (bicyclic) bond motifs is 1. The van der Waals surface area contributed by atoms with Crippen molar-refractivity contribution in [3.63, 3.8) is 0 Å². The van der Waals surface area contributed by atoms with Crippen LogP contribution in [0.3, 0.4) is 0 Å². The Hall–Kier alpha value is -0.650. The van der Waals surface area contributed by atoms with Gasteiger partial charge in [0.1, 0.15) is 5.60 Å². The van der Waals surface area contributed by atoms with Gasteiger partial charge in [-0.15, -0.1) is 0 Å². The summed E-state index contributed by atoms with van der Waals surface area (Å²) in [6.07, 6.45) is 3.50. The van der Waals surface area contributed by atoms with Gasteiger partial charge in [0.25, 0.3) is 0 Å². The van der Waals surface area contributed by atoms with Crippen LogP contribution in [0.25, 0.3) is 0 Å². The summed E-state index contributed by atoms with van der Waals surface area (Å²) in [6, 6.07) is 0. The molecule has 5 heteroatoms. The Balaban J connectivity index is 1.70. The fraction of sp³-hybridized carbons (Fsp3) is 0.933. The number of aliphatic hydroxyl groups excluding tert-OH is 1. The molecule has 116 valence electrons. The molecular weight excluding hydrogens is 258 g/mol. The third-order valence-electron chi connectivity index (χ3n) is 4.15. The minimum absolute atomic E-state index is 0.0589. The number of hydrogen-bond donors (Lipinski definition) is 1. The van der Waals surface area contributed by atoms with Crippen molar-refractivity contribution < 1.29 is 19.4 Å². The average molecular weight is 285 g/mol. The predicted molar refractivity (Wildman–Crippen MR) is 75.4 cm³/mol. The van der Waals surface area contributed by atoms with Gasteiger partial charge in [-0.05, 0) is 46.6 Å². The van der Waals surface area contributed by atoms with Crippen LogP contribution < -0.4 is 0 Å². The van der Waals surface area contributed by atoms with E-state index in [4.69, 9.17) is 9.47 Å². The first-order valence-electron chi connectivity index (χ1n) is 7.54. The quantitative estimate of drug-likeness (QED) is 0.772. The molecule has 5 nitrogen and oxygen atoms in total. The number of rotatable bonds is 5. The van der Waals surface area contributed by atoms with E-state index in [-0.39, 0.29) is 24.2 Å². The zero-order valence-electron chi connectivity index (χ0n) is 12.9. The summed E-state index contributed by atoms with van der Waals surface area (Å²) in [5.74, 6) is -0.215. The van der Waals surface area contributed by atoms with Crippen molar-refractivity contribution in [3.8, 4) is 0 Å². The molecule has 0 aromatic carbocycles. The maximum absolute atomic E-state index is 11.6. The molecule has 2 saturated heterocycles. The summed E-state index contributed by atoms with van der Waals surface area (Å²) >= 11 is 0. The number of aliphatic hydroxyl groups is 1. The lowest BCUT2D eigenvalue weighted by molar-refractivity contribution is -0.156. The van der Waals surface area contributed by atoms with E-state index in [9.17, 15) is 9.90 Å². The Kier molecular flexibility index (Phi) is 4.72. The third-order valence-corrected chi connectivity index (χ3v) is 4.15. The summed E-state index contributed by atoms with van der Waals surface area (Å²) in [7, 11) is 0. The molecule has 0 spiro atoms. The second kappa shape index (κ2) is 6.00. The van der Waals surface area contributed by atoms with Crippen LogP contribution in [0.2, 0.25) is 0 Å². The fourth-order valence-corrected chi connectivity index (χ4v) is 3.30. The lowest BCUT2D eigenvalue weighted by Crippen LogP contribution is -2.41. The molecule has 0 aromatic heterocycles. The Labute approximate surface area is 121 Å². The highest BCUT2D eigenvalue weighted by Gasteiger charge is 2.48. The van der Waals surface area contributed by atoms with Crippen LogP contribution in [0.4, 0.5) is 0 Å². The smallest absolute Gasteiger partial charge is 0.308 e. The molecule has 2 rings (SSSR count). The number of carbonyl (C=O) groups excluding carboxylic acids is 1. The van der Waals surface area contributed by atoms with Gasteiger partial charge < -0.3 is 14.6 Å². The SMILES string of the molecule is CC(C)(C)OC(=O)CCOC1CN2CCCC2(CO)C1. The number of hydrogen-bond acceptors (Lipinski definition) is 5. The van der Waals surface area contributed by atoms with Crippen molar-refractivity contribution in [1.82, 2.24) is 4.90 Å². The van der Waals surface area contributed by atoms with Crippen LogP contribution in [0.1, 0.15) is 46.5 Å². The van der Waals surface area contributed by atoms with Crippen molar-refractivity contribution in [2.45, 2.75) is 63.7 Å². The minimum Gasteiger partial charge on any atom is -0.460 e. The molecule has 20 heavy (non-hydrogen) atoms. The molecule has 0 aliphatic carbocycles. The van der Waals surface area contributed by atoms with Gasteiger partial charge >= 0.3 is 5.97 Å². The summed E-state index contributed by atoms with van der Waals surface area (Å²) < 4.78 is 11.0. The number of ether oxygens (including phenoxy) is 2. The molecule has 2 aliphatic rings. The molecule has 0 aromatic rings. The third kappa shape index (κ3) is 3.71. The van der Waals surface area contributed by atoms with E-state index in [1.165, 1.54) is 0 Å². The fourth-order valence-electron chi connectivity index (χ4n) is 3.30. The van der Waals surface area contributed by atoms with Crippen LogP contribution >= 0.6 is 0 Å². The van der Waals surface area contributed by atoms with Crippen molar-refractivity contribution in [2.75, 3.05) is 26.3 Å². The van der Waals surface area contributed by atoms with Gasteiger partial charge in [-0.1, -0.05) is 0 Å². The van der Waals surface area contributed by atoms with Crippen molar-refractivity contribution in [3.05, 3.63) is 0 Å². The molecule has 2 unspecified atom stereocenters.